The molecule has 1 aromatic heterocycles. The van der Waals surface area contributed by atoms with E-state index in [4.69, 9.17) is 5.84 Å². The Bertz CT molecular complexity index is 294. The van der Waals surface area contributed by atoms with Crippen molar-refractivity contribution in [1.82, 2.24) is 9.88 Å². The Morgan fingerprint density at radius 1 is 1.43 bits per heavy atom. The highest BCUT2D eigenvalue weighted by molar-refractivity contribution is 5.35. The molecule has 1 aromatic rings. The number of aromatic nitrogens is 1. The third-order valence-electron chi connectivity index (χ3n) is 2.58. The molecule has 1 fully saturated rings. The van der Waals surface area contributed by atoms with E-state index in [1.165, 1.54) is 31.5 Å². The Balaban J connectivity index is 2.00. The molecule has 0 atom stereocenters. The number of nitrogens with two attached hydrogens (primary N) is 1. The molecule has 3 N–H and O–H groups in total. The Morgan fingerprint density at radius 2 is 2.21 bits per heavy atom. The second-order valence-electron chi connectivity index (χ2n) is 3.68. The molecule has 0 bridgehead atoms. The van der Waals surface area contributed by atoms with Crippen molar-refractivity contribution in [3.63, 3.8) is 0 Å². The number of anilines is 1. The first-order chi connectivity index (χ1) is 6.88. The fourth-order valence-electron chi connectivity index (χ4n) is 1.85. The molecule has 76 valence electrons. The predicted molar refractivity (Wildman–Crippen MR) is 56.6 cm³/mol. The van der Waals surface area contributed by atoms with E-state index in [1.807, 2.05) is 12.1 Å². The van der Waals surface area contributed by atoms with Gasteiger partial charge in [-0.2, -0.15) is 0 Å². The van der Waals surface area contributed by atoms with E-state index < -0.39 is 0 Å². The summed E-state index contributed by atoms with van der Waals surface area (Å²) in [5.41, 5.74) is 3.84. The van der Waals surface area contributed by atoms with Crippen molar-refractivity contribution < 1.29 is 0 Å². The van der Waals surface area contributed by atoms with Gasteiger partial charge in [-0.3, -0.25) is 4.90 Å². The fourth-order valence-corrected chi connectivity index (χ4v) is 1.85. The first-order valence-electron chi connectivity index (χ1n) is 5.02. The minimum atomic E-state index is 0.738. The highest BCUT2D eigenvalue weighted by Gasteiger charge is 2.11. The van der Waals surface area contributed by atoms with E-state index in [2.05, 4.69) is 15.3 Å². The van der Waals surface area contributed by atoms with Crippen LogP contribution in [-0.4, -0.2) is 23.0 Å². The SMILES string of the molecule is NNc1cc(CN2CCCC2)ccn1. The van der Waals surface area contributed by atoms with Crippen LogP contribution in [0.2, 0.25) is 0 Å². The number of hydrogen-bond acceptors (Lipinski definition) is 4. The molecule has 4 heteroatoms. The van der Waals surface area contributed by atoms with Crippen molar-refractivity contribution in [3.8, 4) is 0 Å². The zero-order valence-corrected chi connectivity index (χ0v) is 8.24. The molecule has 0 radical (unpaired) electrons. The molecule has 1 saturated heterocycles. The average Bonchev–Trinajstić information content (AvgIpc) is 2.71. The standard InChI is InChI=1S/C10H16N4/c11-13-10-7-9(3-4-12-10)8-14-5-1-2-6-14/h3-4,7H,1-2,5-6,8,11H2,(H,12,13). The van der Waals surface area contributed by atoms with Crippen LogP contribution in [0.3, 0.4) is 0 Å². The summed E-state index contributed by atoms with van der Waals surface area (Å²) in [5, 5.41) is 0. The Hall–Kier alpha value is -1.13. The van der Waals surface area contributed by atoms with Gasteiger partial charge in [-0.05, 0) is 43.6 Å². The monoisotopic (exact) mass is 192 g/mol. The molecule has 0 aromatic carbocycles. The van der Waals surface area contributed by atoms with Gasteiger partial charge in [0.25, 0.3) is 0 Å². The van der Waals surface area contributed by atoms with E-state index in [0.717, 1.165) is 12.4 Å². The smallest absolute Gasteiger partial charge is 0.140 e. The van der Waals surface area contributed by atoms with Gasteiger partial charge < -0.3 is 5.43 Å². The molecule has 0 saturated carbocycles. The van der Waals surface area contributed by atoms with Crippen molar-refractivity contribution in [2.75, 3.05) is 18.5 Å². The fraction of sp³-hybridized carbons (Fsp3) is 0.500. The van der Waals surface area contributed by atoms with Crippen LogP contribution in [0.25, 0.3) is 0 Å². The van der Waals surface area contributed by atoms with Gasteiger partial charge in [-0.1, -0.05) is 0 Å². The molecule has 1 aliphatic rings. The summed E-state index contributed by atoms with van der Waals surface area (Å²) in [6, 6.07) is 4.04. The quantitative estimate of drug-likeness (QED) is 0.553. The maximum absolute atomic E-state index is 5.30. The highest BCUT2D eigenvalue weighted by atomic mass is 15.2. The molecule has 0 aliphatic carbocycles. The molecule has 2 heterocycles. The number of nitrogen functional groups attached to an aromatic ring is 1. The van der Waals surface area contributed by atoms with E-state index >= 15 is 0 Å². The molecule has 0 unspecified atom stereocenters. The lowest BCUT2D eigenvalue weighted by Gasteiger charge is -2.14. The van der Waals surface area contributed by atoms with Gasteiger partial charge in [0, 0.05) is 12.7 Å². The number of rotatable bonds is 3. The van der Waals surface area contributed by atoms with Crippen molar-refractivity contribution in [2.24, 2.45) is 5.84 Å². The van der Waals surface area contributed by atoms with Gasteiger partial charge in [0.05, 0.1) is 0 Å². The lowest BCUT2D eigenvalue weighted by molar-refractivity contribution is 0.331. The highest BCUT2D eigenvalue weighted by Crippen LogP contribution is 2.13. The van der Waals surface area contributed by atoms with Crippen LogP contribution in [0.5, 0.6) is 0 Å². The van der Waals surface area contributed by atoms with Crippen LogP contribution in [-0.2, 0) is 6.54 Å². The van der Waals surface area contributed by atoms with E-state index in [1.54, 1.807) is 6.20 Å². The summed E-state index contributed by atoms with van der Waals surface area (Å²) < 4.78 is 0. The van der Waals surface area contributed by atoms with E-state index in [9.17, 15) is 0 Å². The van der Waals surface area contributed by atoms with Crippen LogP contribution in [0, 0.1) is 0 Å². The van der Waals surface area contributed by atoms with Crippen LogP contribution >= 0.6 is 0 Å². The van der Waals surface area contributed by atoms with Gasteiger partial charge >= 0.3 is 0 Å². The van der Waals surface area contributed by atoms with Crippen molar-refractivity contribution in [2.45, 2.75) is 19.4 Å². The number of hydrogen-bond donors (Lipinski definition) is 2. The maximum atomic E-state index is 5.30. The van der Waals surface area contributed by atoms with E-state index in [-0.39, 0.29) is 0 Å². The lowest BCUT2D eigenvalue weighted by atomic mass is 10.2. The predicted octanol–water partition coefficient (Wildman–Crippen LogP) is 0.963. The first kappa shape index (κ1) is 9.43. The second-order valence-corrected chi connectivity index (χ2v) is 3.68. The summed E-state index contributed by atoms with van der Waals surface area (Å²) in [5.74, 6) is 6.04. The lowest BCUT2D eigenvalue weighted by Crippen LogP contribution is -2.18. The normalized spacial score (nSPS) is 17.2. The number of hydrazine groups is 1. The van der Waals surface area contributed by atoms with Crippen LogP contribution in [0.15, 0.2) is 18.3 Å². The minimum Gasteiger partial charge on any atom is -0.308 e. The first-order valence-corrected chi connectivity index (χ1v) is 5.02. The molecule has 14 heavy (non-hydrogen) atoms. The molecule has 4 nitrogen and oxygen atoms in total. The molecule has 0 spiro atoms. The van der Waals surface area contributed by atoms with Gasteiger partial charge in [0.2, 0.25) is 0 Å². The van der Waals surface area contributed by atoms with Gasteiger partial charge in [-0.15, -0.1) is 0 Å². The van der Waals surface area contributed by atoms with Gasteiger partial charge in [0.1, 0.15) is 5.82 Å². The topological polar surface area (TPSA) is 54.2 Å². The minimum absolute atomic E-state index is 0.738. The maximum Gasteiger partial charge on any atom is 0.140 e. The Kier molecular flexibility index (Phi) is 2.96. The largest absolute Gasteiger partial charge is 0.308 e. The van der Waals surface area contributed by atoms with Gasteiger partial charge in [-0.25, -0.2) is 10.8 Å². The molecule has 2 rings (SSSR count). The van der Waals surface area contributed by atoms with E-state index in [0.29, 0.717) is 0 Å². The average molecular weight is 192 g/mol. The van der Waals surface area contributed by atoms with Crippen molar-refractivity contribution in [3.05, 3.63) is 23.9 Å². The Labute approximate surface area is 84.1 Å². The number of pyridine rings is 1. The molecular formula is C10H16N4. The zero-order chi connectivity index (χ0) is 9.80. The molecule has 1 aliphatic heterocycles. The summed E-state index contributed by atoms with van der Waals surface area (Å²) >= 11 is 0. The number of likely N-dealkylation sites (tertiary alicyclic amines) is 1. The third kappa shape index (κ3) is 2.21. The second kappa shape index (κ2) is 4.39. The molecular weight excluding hydrogens is 176 g/mol. The van der Waals surface area contributed by atoms with Crippen molar-refractivity contribution in [1.29, 1.82) is 0 Å². The summed E-state index contributed by atoms with van der Waals surface area (Å²) in [6.07, 6.45) is 4.45. The summed E-state index contributed by atoms with van der Waals surface area (Å²) in [4.78, 5) is 6.53. The summed E-state index contributed by atoms with van der Waals surface area (Å²) in [6.45, 7) is 3.44. The third-order valence-corrected chi connectivity index (χ3v) is 2.58. The van der Waals surface area contributed by atoms with Crippen LogP contribution < -0.4 is 11.3 Å². The molecule has 0 amide bonds. The van der Waals surface area contributed by atoms with Crippen LogP contribution in [0.4, 0.5) is 5.82 Å². The zero-order valence-electron chi connectivity index (χ0n) is 8.24. The number of nitrogens with one attached hydrogen (secondary N) is 1. The Morgan fingerprint density at radius 3 is 2.93 bits per heavy atom. The van der Waals surface area contributed by atoms with Gasteiger partial charge in [0.15, 0.2) is 0 Å². The number of nitrogens with zero attached hydrogens (tertiary/aromatic N) is 2. The van der Waals surface area contributed by atoms with Crippen molar-refractivity contribution >= 4 is 5.82 Å². The van der Waals surface area contributed by atoms with Crippen LogP contribution in [0.1, 0.15) is 18.4 Å². The summed E-state index contributed by atoms with van der Waals surface area (Å²) in [7, 11) is 0.